The highest BCUT2D eigenvalue weighted by Gasteiger charge is 2.76. The number of benzene rings is 1. The number of alkyl halides is 2. The van der Waals surface area contributed by atoms with Crippen LogP contribution in [0.4, 0.5) is 13.2 Å². The molecule has 15 heteroatoms. The van der Waals surface area contributed by atoms with Crippen LogP contribution in [-0.4, -0.2) is 94.6 Å². The first-order chi connectivity index (χ1) is 25.9. The second-order valence-corrected chi connectivity index (χ2v) is 16.0. The van der Waals surface area contributed by atoms with Crippen LogP contribution in [0, 0.1) is 34.4 Å². The van der Waals surface area contributed by atoms with E-state index < -0.39 is 112 Å². The van der Waals surface area contributed by atoms with Crippen LogP contribution in [0.5, 0.6) is 0 Å². The number of ether oxygens (including phenoxy) is 3. The first-order valence-electron chi connectivity index (χ1n) is 18.5. The lowest BCUT2D eigenvalue weighted by Crippen LogP contribution is -2.76. The number of hydrogen-bond acceptors (Lipinski definition) is 10. The van der Waals surface area contributed by atoms with E-state index in [1.54, 1.807) is 13.0 Å². The number of rotatable bonds is 10. The number of esters is 1. The summed E-state index contributed by atoms with van der Waals surface area (Å²) in [5.41, 5.74) is -7.15. The van der Waals surface area contributed by atoms with Gasteiger partial charge in [0.15, 0.2) is 24.3 Å². The summed E-state index contributed by atoms with van der Waals surface area (Å²) in [6.07, 6.45) is -0.507. The number of hydrogen-bond donors (Lipinski definition) is 2. The fourth-order valence-electron chi connectivity index (χ4n) is 10.0. The van der Waals surface area contributed by atoms with Gasteiger partial charge >= 0.3 is 5.97 Å². The average molecular weight is 769 g/mol. The maximum absolute atomic E-state index is 17.9. The number of allylic oxidation sites excluding steroid dienone is 4. The predicted molar refractivity (Wildman–Crippen MR) is 185 cm³/mol. The molecule has 0 aromatic heterocycles. The highest BCUT2D eigenvalue weighted by atomic mass is 19.1. The summed E-state index contributed by atoms with van der Waals surface area (Å²) in [4.78, 5) is 76.9. The number of nitrogens with one attached hydrogen (secondary N) is 1. The van der Waals surface area contributed by atoms with Gasteiger partial charge in [-0.05, 0) is 62.0 Å². The van der Waals surface area contributed by atoms with E-state index in [0.717, 1.165) is 23.1 Å². The lowest BCUT2D eigenvalue weighted by atomic mass is 9.40. The molecule has 55 heavy (non-hydrogen) atoms. The van der Waals surface area contributed by atoms with E-state index in [1.165, 1.54) is 44.2 Å². The average Bonchev–Trinajstić information content (AvgIpc) is 3.47. The quantitative estimate of drug-likeness (QED) is 0.266. The van der Waals surface area contributed by atoms with Crippen LogP contribution in [0.1, 0.15) is 64.7 Å². The van der Waals surface area contributed by atoms with Gasteiger partial charge in [0.1, 0.15) is 17.6 Å². The van der Waals surface area contributed by atoms with Crippen LogP contribution in [0.3, 0.4) is 0 Å². The Morgan fingerprint density at radius 2 is 1.80 bits per heavy atom. The van der Waals surface area contributed by atoms with E-state index in [0.29, 0.717) is 0 Å². The smallest absolute Gasteiger partial charge is 0.310 e. The highest BCUT2D eigenvalue weighted by Crippen LogP contribution is 2.70. The molecule has 4 aliphatic carbocycles. The summed E-state index contributed by atoms with van der Waals surface area (Å²) in [6.45, 7) is 3.48. The second kappa shape index (κ2) is 13.9. The van der Waals surface area contributed by atoms with Crippen molar-refractivity contribution in [3.8, 4) is 0 Å². The van der Waals surface area contributed by atoms with Gasteiger partial charge in [0, 0.05) is 60.4 Å². The molecule has 6 aliphatic rings. The maximum atomic E-state index is 17.9. The molecular weight excluding hydrogens is 725 g/mol. The number of aliphatic hydroxyl groups excluding tert-OH is 1. The van der Waals surface area contributed by atoms with E-state index in [4.69, 9.17) is 14.2 Å². The third kappa shape index (κ3) is 6.18. The number of ketones is 2. The number of Topliss-reactive ketones (excluding diaryl/α,β-unsaturated/α-hetero) is 1. The topological polar surface area (TPSA) is 166 Å². The Kier molecular flexibility index (Phi) is 9.82. The molecule has 12 nitrogen and oxygen atoms in total. The molecule has 3 saturated carbocycles. The molecule has 2 aliphatic heterocycles. The number of nitrogens with zero attached hydrogens (tertiary/aromatic N) is 1. The van der Waals surface area contributed by atoms with Gasteiger partial charge in [0.2, 0.25) is 11.7 Å². The molecule has 3 amide bonds. The first kappa shape index (κ1) is 38.8. The van der Waals surface area contributed by atoms with Crippen LogP contribution >= 0.6 is 0 Å². The minimum absolute atomic E-state index is 0.0480. The molecular formula is C40H43F3N2O10. The van der Waals surface area contributed by atoms with Crippen molar-refractivity contribution in [2.24, 2.45) is 28.6 Å². The number of imide groups is 1. The number of aliphatic hydroxyl groups is 1. The molecule has 0 spiro atoms. The third-order valence-electron chi connectivity index (χ3n) is 13.0. The predicted octanol–water partition coefficient (Wildman–Crippen LogP) is 3.48. The molecule has 1 saturated heterocycles. The zero-order valence-corrected chi connectivity index (χ0v) is 30.6. The Morgan fingerprint density at radius 1 is 1.07 bits per heavy atom. The Labute approximate surface area is 315 Å². The summed E-state index contributed by atoms with van der Waals surface area (Å²) in [5.74, 6) is -7.11. The molecule has 7 rings (SSSR count). The number of fused-ring (bicyclic) bond motifs is 8. The zero-order valence-electron chi connectivity index (χ0n) is 30.6. The second-order valence-electron chi connectivity index (χ2n) is 16.0. The summed E-state index contributed by atoms with van der Waals surface area (Å²) >= 11 is 0. The van der Waals surface area contributed by atoms with Crippen molar-refractivity contribution in [3.05, 3.63) is 71.6 Å². The SMILES string of the molecule is C[C@H](CNC(=O)CCN1C(=O)C=CC1=O)C(=O)OCC(=O)[C@@]12C[C@@H](C[C@H]3[C@@H]4C[C@H](F)C5=CC(=O)C=C[C@]5(C)[C@@]4(F)[C@@H](O)C[C@@]31C)O[C@@H](c1cccc(F)c1)O2. The van der Waals surface area contributed by atoms with E-state index in [-0.39, 0.29) is 56.3 Å². The standard InChI is InChI=1S/C40H43F3N2O10/c1-21(19-44-32(49)10-12-45-33(50)7-8-34(45)51)35(52)53-20-31(48)39-17-25(54-36(55-39)22-5-4-6-23(41)13-22)15-26-27-16-29(42)28-14-24(46)9-11-37(28,2)40(27,43)30(47)18-38(26,39)3/h4-9,11,13-14,21,25-27,29-30,36,47H,10,12,15-20H2,1-3H3,(H,44,49)/t21-,25-,26+,27+,29+,30+,36-,37+,38+,39+,40+/m1/s1. The highest BCUT2D eigenvalue weighted by molar-refractivity contribution is 6.13. The monoisotopic (exact) mass is 768 g/mol. The van der Waals surface area contributed by atoms with E-state index in [1.807, 2.05) is 0 Å². The fraction of sp³-hybridized carbons (Fsp3) is 0.550. The minimum Gasteiger partial charge on any atom is -0.457 e. The Morgan fingerprint density at radius 3 is 2.51 bits per heavy atom. The lowest BCUT2D eigenvalue weighted by Gasteiger charge is -2.69. The van der Waals surface area contributed by atoms with Crippen molar-refractivity contribution in [1.82, 2.24) is 10.2 Å². The number of carbonyl (C=O) groups is 6. The Bertz CT molecular complexity index is 1920. The van der Waals surface area contributed by atoms with E-state index in [9.17, 15) is 38.3 Å². The molecule has 0 radical (unpaired) electrons. The third-order valence-corrected chi connectivity index (χ3v) is 13.0. The van der Waals surface area contributed by atoms with Crippen molar-refractivity contribution in [3.63, 3.8) is 0 Å². The molecule has 2 N–H and O–H groups in total. The van der Waals surface area contributed by atoms with Gasteiger partial charge in [0.05, 0.1) is 18.1 Å². The molecule has 1 aromatic carbocycles. The molecule has 2 bridgehead atoms. The molecule has 294 valence electrons. The zero-order chi connectivity index (χ0) is 39.7. The first-order valence-corrected chi connectivity index (χ1v) is 18.5. The van der Waals surface area contributed by atoms with Gasteiger partial charge in [-0.25, -0.2) is 13.2 Å². The van der Waals surface area contributed by atoms with Crippen molar-refractivity contribution in [2.75, 3.05) is 19.7 Å². The number of carbonyl (C=O) groups excluding carboxylic acids is 6. The lowest BCUT2D eigenvalue weighted by molar-refractivity contribution is -0.358. The van der Waals surface area contributed by atoms with Crippen LogP contribution in [0.2, 0.25) is 0 Å². The van der Waals surface area contributed by atoms with E-state index in [2.05, 4.69) is 5.32 Å². The minimum atomic E-state index is -2.44. The normalized spacial score (nSPS) is 38.1. The fourth-order valence-corrected chi connectivity index (χ4v) is 10.0. The summed E-state index contributed by atoms with van der Waals surface area (Å²) in [7, 11) is 0. The van der Waals surface area contributed by atoms with E-state index >= 15 is 8.78 Å². The van der Waals surface area contributed by atoms with Gasteiger partial charge in [-0.15, -0.1) is 0 Å². The maximum Gasteiger partial charge on any atom is 0.310 e. The Balaban J connectivity index is 1.13. The van der Waals surface area contributed by atoms with Crippen LogP contribution < -0.4 is 5.32 Å². The number of amides is 3. The molecule has 2 heterocycles. The molecule has 1 aromatic rings. The van der Waals surface area contributed by atoms with Gasteiger partial charge in [-0.3, -0.25) is 33.7 Å². The van der Waals surface area contributed by atoms with Gasteiger partial charge in [-0.1, -0.05) is 32.1 Å². The van der Waals surface area contributed by atoms with Crippen molar-refractivity contribution in [2.45, 2.75) is 88.8 Å². The van der Waals surface area contributed by atoms with Crippen LogP contribution in [0.15, 0.2) is 60.2 Å². The molecule has 11 atom stereocenters. The summed E-state index contributed by atoms with van der Waals surface area (Å²) in [5, 5.41) is 14.5. The van der Waals surface area contributed by atoms with Gasteiger partial charge in [0.25, 0.3) is 11.8 Å². The Hall–Kier alpha value is -4.47. The van der Waals surface area contributed by atoms with Gasteiger partial charge in [-0.2, -0.15) is 0 Å². The number of halogens is 3. The summed E-state index contributed by atoms with van der Waals surface area (Å²) < 4.78 is 66.8. The molecule has 0 unspecified atom stereocenters. The molecule has 4 fully saturated rings. The van der Waals surface area contributed by atoms with Gasteiger partial charge < -0.3 is 24.6 Å². The van der Waals surface area contributed by atoms with Crippen molar-refractivity contribution < 1.29 is 61.3 Å². The van der Waals surface area contributed by atoms with Crippen molar-refractivity contribution in [1.29, 1.82) is 0 Å². The van der Waals surface area contributed by atoms with Crippen LogP contribution in [-0.2, 0) is 43.0 Å². The largest absolute Gasteiger partial charge is 0.457 e. The van der Waals surface area contributed by atoms with Crippen molar-refractivity contribution >= 4 is 35.3 Å². The van der Waals surface area contributed by atoms with Crippen LogP contribution in [0.25, 0.3) is 0 Å². The summed E-state index contributed by atoms with van der Waals surface area (Å²) in [6, 6.07) is 5.43.